The van der Waals surface area contributed by atoms with E-state index in [1.165, 1.54) is 9.13 Å². The molecule has 5 aromatic carbocycles. The van der Waals surface area contributed by atoms with Crippen molar-refractivity contribution in [2.75, 3.05) is 0 Å². The van der Waals surface area contributed by atoms with Gasteiger partial charge in [-0.3, -0.25) is 0 Å². The molecule has 0 radical (unpaired) electrons. The molecule has 0 spiro atoms. The molecule has 0 bridgehead atoms. The third-order valence-electron chi connectivity index (χ3n) is 7.80. The van der Waals surface area contributed by atoms with Gasteiger partial charge in [0.2, 0.25) is 0 Å². The molecule has 53 heavy (non-hydrogen) atoms. The summed E-state index contributed by atoms with van der Waals surface area (Å²) >= 11 is 2.05. The van der Waals surface area contributed by atoms with Gasteiger partial charge in [0.25, 0.3) is 22.6 Å². The SMILES string of the molecule is Cc1ccccc1[IH+].Fc1c(F)c(F)c([B-](c2c(F)c(F)c(F)c(F)c2F)(c2c(F)c(F)c(F)c(F)c2F)c2c(F)c(F)c(F)c(F)c2F)c(F)c1F. The van der Waals surface area contributed by atoms with Crippen LogP contribution >= 0.6 is 0 Å². The van der Waals surface area contributed by atoms with Crippen LogP contribution < -0.4 is 44.4 Å². The van der Waals surface area contributed by atoms with Crippen LogP contribution in [0.2, 0.25) is 0 Å². The van der Waals surface area contributed by atoms with Gasteiger partial charge in [0.05, 0.1) is 0 Å². The van der Waals surface area contributed by atoms with Crippen molar-refractivity contribution in [3.05, 3.63) is 150 Å². The zero-order chi connectivity index (χ0) is 40.3. The lowest BCUT2D eigenvalue weighted by atomic mass is 9.12. The maximum Gasteiger partial charge on any atom is 0.296 e. The summed E-state index contributed by atoms with van der Waals surface area (Å²) in [6.07, 6.45) is -7.22. The highest BCUT2D eigenvalue weighted by molar-refractivity contribution is 7.20. The molecule has 0 heterocycles. The molecule has 282 valence electrons. The minimum absolute atomic E-state index is 1.37. The van der Waals surface area contributed by atoms with E-state index < -0.39 is 144 Å². The van der Waals surface area contributed by atoms with Gasteiger partial charge in [-0.25, -0.2) is 87.8 Å². The van der Waals surface area contributed by atoms with Gasteiger partial charge in [0, 0.05) is 5.56 Å². The molecule has 0 aromatic heterocycles. The summed E-state index contributed by atoms with van der Waals surface area (Å²) in [5.41, 5.74) is -13.0. The first kappa shape index (κ1) is 41.3. The summed E-state index contributed by atoms with van der Waals surface area (Å²) in [5, 5.41) is 0. The largest absolute Gasteiger partial charge is 0.296 e. The third-order valence-corrected chi connectivity index (χ3v) is 9.11. The highest BCUT2D eigenvalue weighted by Gasteiger charge is 2.52. The summed E-state index contributed by atoms with van der Waals surface area (Å²) in [6.45, 7) is 2.12. The summed E-state index contributed by atoms with van der Waals surface area (Å²) in [7, 11) is 0. The van der Waals surface area contributed by atoms with Crippen LogP contribution in [0.1, 0.15) is 5.56 Å². The van der Waals surface area contributed by atoms with E-state index in [1.807, 2.05) is 0 Å². The van der Waals surface area contributed by atoms with Crippen molar-refractivity contribution in [2.45, 2.75) is 6.92 Å². The van der Waals surface area contributed by atoms with E-state index in [0.29, 0.717) is 0 Å². The maximum atomic E-state index is 15.4. The van der Waals surface area contributed by atoms with Crippen molar-refractivity contribution in [2.24, 2.45) is 0 Å². The number of rotatable bonds is 4. The smallest absolute Gasteiger partial charge is 0.207 e. The molecule has 0 aliphatic rings. The number of hydrogen-bond acceptors (Lipinski definition) is 0. The second-order valence-corrected chi connectivity index (χ2v) is 11.8. The van der Waals surface area contributed by atoms with Crippen molar-refractivity contribution < 1.29 is 110 Å². The van der Waals surface area contributed by atoms with E-state index in [2.05, 4.69) is 53.8 Å². The monoisotopic (exact) mass is 898 g/mol. The Morgan fingerprint density at radius 3 is 0.623 bits per heavy atom. The second kappa shape index (κ2) is 14.7. The average Bonchev–Trinajstić information content (AvgIpc) is 3.13. The first-order valence-electron chi connectivity index (χ1n) is 13.5. The molecule has 0 N–H and O–H groups in total. The number of aryl methyl sites for hydroxylation is 1. The Morgan fingerprint density at radius 2 is 0.472 bits per heavy atom. The quantitative estimate of drug-likeness (QED) is 0.0832. The fourth-order valence-corrected chi connectivity index (χ4v) is 5.85. The topological polar surface area (TPSA) is 0 Å². The molecule has 0 aliphatic carbocycles. The second-order valence-electron chi connectivity index (χ2n) is 10.6. The van der Waals surface area contributed by atoms with Crippen LogP contribution in [0.5, 0.6) is 0 Å². The third kappa shape index (κ3) is 6.14. The van der Waals surface area contributed by atoms with Gasteiger partial charge >= 0.3 is 0 Å². The fourth-order valence-electron chi connectivity index (χ4n) is 5.43. The molecule has 5 rings (SSSR count). The van der Waals surface area contributed by atoms with Gasteiger partial charge < -0.3 is 0 Å². The normalized spacial score (nSPS) is 11.6. The molecule has 0 saturated heterocycles. The Balaban J connectivity index is 0.000000692. The minimum atomic E-state index is -7.22. The van der Waals surface area contributed by atoms with Crippen molar-refractivity contribution in [3.63, 3.8) is 0 Å². The van der Waals surface area contributed by atoms with Gasteiger partial charge in [-0.2, -0.15) is 0 Å². The van der Waals surface area contributed by atoms with E-state index in [1.54, 1.807) is 0 Å². The number of benzene rings is 5. The highest BCUT2D eigenvalue weighted by Crippen LogP contribution is 2.30. The van der Waals surface area contributed by atoms with E-state index in [0.717, 1.165) is 0 Å². The molecule has 0 saturated carbocycles. The summed E-state index contributed by atoms with van der Waals surface area (Å²) < 4.78 is 295. The fraction of sp³-hybridized carbons (Fsp3) is 0.0323. The van der Waals surface area contributed by atoms with Gasteiger partial charge in [-0.05, 0) is 13.0 Å². The maximum absolute atomic E-state index is 15.4. The molecular formula is C31H8BF20I. The van der Waals surface area contributed by atoms with E-state index in [4.69, 9.17) is 0 Å². The lowest BCUT2D eigenvalue weighted by molar-refractivity contribution is -0.329. The standard InChI is InChI=1S/C24BF20.C7H8I/c26-5-1(6(27)14(35)21(42)13(5)34)25(2-7(28)15(36)22(43)16(37)8(2)29,3-9(30)17(38)23(44)18(39)10(3)31)4-11(32)19(40)24(45)20(41)12(4)33;1-6-4-2-3-5-7(6)8/h;2-5,8H,1H3/q-1;+1. The van der Waals surface area contributed by atoms with Gasteiger partial charge in [-0.15, -0.1) is 21.9 Å². The van der Waals surface area contributed by atoms with E-state index in [9.17, 15) is 52.7 Å². The number of hydrogen-bond donors (Lipinski definition) is 0. The van der Waals surface area contributed by atoms with Crippen LogP contribution in [-0.2, 0) is 0 Å². The van der Waals surface area contributed by atoms with Crippen LogP contribution in [0.25, 0.3) is 0 Å². The van der Waals surface area contributed by atoms with Crippen LogP contribution in [0.3, 0.4) is 0 Å². The molecule has 0 unspecified atom stereocenters. The summed E-state index contributed by atoms with van der Waals surface area (Å²) in [5.74, 6) is -71.4. The Hall–Kier alpha value is -4.51. The minimum Gasteiger partial charge on any atom is -0.207 e. The zero-order valence-electron chi connectivity index (χ0n) is 24.9. The summed E-state index contributed by atoms with van der Waals surface area (Å²) in [4.78, 5) is 0. The van der Waals surface area contributed by atoms with Crippen LogP contribution in [0.4, 0.5) is 87.8 Å². The van der Waals surface area contributed by atoms with Crippen LogP contribution in [-0.4, -0.2) is 6.15 Å². The van der Waals surface area contributed by atoms with Gasteiger partial charge in [0.1, 0.15) is 52.7 Å². The lowest BCUT2D eigenvalue weighted by Gasteiger charge is -2.44. The first-order chi connectivity index (χ1) is 24.5. The first-order valence-corrected chi connectivity index (χ1v) is 14.6. The molecule has 0 fully saturated rings. The molecular weight excluding hydrogens is 890 g/mol. The number of halogens is 21. The Bertz CT molecular complexity index is 1920. The molecule has 0 nitrogen and oxygen atoms in total. The lowest BCUT2D eigenvalue weighted by Crippen LogP contribution is -3.34. The van der Waals surface area contributed by atoms with Crippen molar-refractivity contribution in [1.82, 2.24) is 0 Å². The highest BCUT2D eigenvalue weighted by atomic mass is 127. The molecule has 0 atom stereocenters. The van der Waals surface area contributed by atoms with E-state index >= 15 is 35.1 Å². The Labute approximate surface area is 294 Å². The molecule has 0 aliphatic heterocycles. The van der Waals surface area contributed by atoms with Crippen molar-refractivity contribution >= 4 is 28.0 Å². The predicted molar refractivity (Wildman–Crippen MR) is 140 cm³/mol. The van der Waals surface area contributed by atoms with Gasteiger partial charge in [0.15, 0.2) is 73.4 Å². The average molecular weight is 898 g/mol. The van der Waals surface area contributed by atoms with E-state index in [-0.39, 0.29) is 0 Å². The Morgan fingerprint density at radius 1 is 0.302 bits per heavy atom. The summed E-state index contributed by atoms with van der Waals surface area (Å²) in [6, 6.07) is 8.37. The van der Waals surface area contributed by atoms with Gasteiger partial charge in [-0.1, -0.05) is 18.2 Å². The Kier molecular flexibility index (Phi) is 11.5. The molecule has 0 amide bonds. The zero-order valence-corrected chi connectivity index (χ0v) is 27.2. The predicted octanol–water partition coefficient (Wildman–Crippen LogP) is 4.30. The van der Waals surface area contributed by atoms with Crippen molar-refractivity contribution in [1.29, 1.82) is 0 Å². The van der Waals surface area contributed by atoms with Crippen LogP contribution in [0, 0.1) is 127 Å². The van der Waals surface area contributed by atoms with Crippen molar-refractivity contribution in [3.8, 4) is 0 Å². The molecule has 5 aromatic rings. The van der Waals surface area contributed by atoms with Crippen LogP contribution in [0.15, 0.2) is 24.3 Å². The molecule has 22 heteroatoms.